The average molecular weight is 288 g/mol. The molecule has 0 unspecified atom stereocenters. The van der Waals surface area contributed by atoms with Crippen LogP contribution in [0, 0.1) is 5.92 Å². The van der Waals surface area contributed by atoms with Crippen LogP contribution in [0.4, 0.5) is 0 Å². The van der Waals surface area contributed by atoms with Gasteiger partial charge in [-0.1, -0.05) is 0 Å². The lowest BCUT2D eigenvalue weighted by atomic mass is 9.86. The standard InChI is InChI=1S/C14H16N4O3/c19-13(11-8-16-18-7-1-6-15-12(11)18)17-10-4-2-9(3-5-10)14(20)21/h1,6-10H,2-5H2,(H,17,19)(H,20,21). The average Bonchev–Trinajstić information content (AvgIpc) is 2.92. The Kier molecular flexibility index (Phi) is 3.55. The van der Waals surface area contributed by atoms with Crippen LogP contribution in [0.25, 0.3) is 5.65 Å². The molecule has 7 nitrogen and oxygen atoms in total. The second-order valence-corrected chi connectivity index (χ2v) is 5.31. The van der Waals surface area contributed by atoms with E-state index in [9.17, 15) is 9.59 Å². The predicted molar refractivity (Wildman–Crippen MR) is 73.8 cm³/mol. The van der Waals surface area contributed by atoms with Crippen LogP contribution >= 0.6 is 0 Å². The maximum Gasteiger partial charge on any atom is 0.306 e. The molecule has 1 amide bonds. The lowest BCUT2D eigenvalue weighted by Gasteiger charge is -2.26. The SMILES string of the molecule is O=C(NC1CCC(C(=O)O)CC1)c1cnn2cccnc12. The van der Waals surface area contributed by atoms with Gasteiger partial charge in [-0.3, -0.25) is 9.59 Å². The molecule has 1 aliphatic carbocycles. The fourth-order valence-corrected chi connectivity index (χ4v) is 2.74. The number of nitrogens with one attached hydrogen (secondary N) is 1. The Hall–Kier alpha value is -2.44. The third-order valence-corrected chi connectivity index (χ3v) is 3.94. The van der Waals surface area contributed by atoms with Crippen LogP contribution in [0.15, 0.2) is 24.7 Å². The van der Waals surface area contributed by atoms with Crippen molar-refractivity contribution in [3.05, 3.63) is 30.2 Å². The van der Waals surface area contributed by atoms with Crippen molar-refractivity contribution in [1.29, 1.82) is 0 Å². The minimum absolute atomic E-state index is 0.0202. The molecule has 2 aromatic heterocycles. The van der Waals surface area contributed by atoms with Crippen LogP contribution in [0.3, 0.4) is 0 Å². The molecule has 0 atom stereocenters. The monoisotopic (exact) mass is 288 g/mol. The van der Waals surface area contributed by atoms with E-state index in [0.717, 1.165) is 0 Å². The number of carboxylic acids is 1. The first-order valence-corrected chi connectivity index (χ1v) is 6.97. The third kappa shape index (κ3) is 2.72. The molecule has 0 aliphatic heterocycles. The number of nitrogens with zero attached hydrogens (tertiary/aromatic N) is 3. The van der Waals surface area contributed by atoms with Gasteiger partial charge in [0.1, 0.15) is 5.56 Å². The van der Waals surface area contributed by atoms with Gasteiger partial charge in [0, 0.05) is 18.4 Å². The molecule has 1 aliphatic rings. The first-order chi connectivity index (χ1) is 10.1. The smallest absolute Gasteiger partial charge is 0.306 e. The topological polar surface area (TPSA) is 96.6 Å². The second-order valence-electron chi connectivity index (χ2n) is 5.31. The fraction of sp³-hybridized carbons (Fsp3) is 0.429. The second kappa shape index (κ2) is 5.51. The molecule has 110 valence electrons. The number of rotatable bonds is 3. The molecule has 0 saturated heterocycles. The van der Waals surface area contributed by atoms with E-state index < -0.39 is 5.97 Å². The summed E-state index contributed by atoms with van der Waals surface area (Å²) in [5, 5.41) is 16.0. The summed E-state index contributed by atoms with van der Waals surface area (Å²) < 4.78 is 1.55. The number of aromatic nitrogens is 3. The summed E-state index contributed by atoms with van der Waals surface area (Å²) in [6.07, 6.45) is 7.44. The normalized spacial score (nSPS) is 22.1. The van der Waals surface area contributed by atoms with Crippen molar-refractivity contribution >= 4 is 17.5 Å². The van der Waals surface area contributed by atoms with E-state index in [4.69, 9.17) is 5.11 Å². The highest BCUT2D eigenvalue weighted by Crippen LogP contribution is 2.24. The molecule has 2 aromatic rings. The molecular formula is C14H16N4O3. The van der Waals surface area contributed by atoms with Gasteiger partial charge in [-0.05, 0) is 31.7 Å². The van der Waals surface area contributed by atoms with E-state index in [-0.39, 0.29) is 17.9 Å². The Morgan fingerprint density at radius 1 is 1.29 bits per heavy atom. The number of fused-ring (bicyclic) bond motifs is 1. The maximum absolute atomic E-state index is 12.3. The van der Waals surface area contributed by atoms with E-state index in [2.05, 4.69) is 15.4 Å². The van der Waals surface area contributed by atoms with Gasteiger partial charge in [0.25, 0.3) is 5.91 Å². The number of carbonyl (C=O) groups is 2. The zero-order chi connectivity index (χ0) is 14.8. The highest BCUT2D eigenvalue weighted by molar-refractivity contribution is 5.99. The summed E-state index contributed by atoms with van der Waals surface area (Å²) in [4.78, 5) is 27.3. The summed E-state index contributed by atoms with van der Waals surface area (Å²) >= 11 is 0. The first-order valence-electron chi connectivity index (χ1n) is 6.97. The van der Waals surface area contributed by atoms with Gasteiger partial charge in [-0.25, -0.2) is 9.50 Å². The van der Waals surface area contributed by atoms with E-state index in [1.54, 1.807) is 23.0 Å². The quantitative estimate of drug-likeness (QED) is 0.881. The number of hydrogen-bond acceptors (Lipinski definition) is 4. The minimum Gasteiger partial charge on any atom is -0.481 e. The Balaban J connectivity index is 1.66. The van der Waals surface area contributed by atoms with Gasteiger partial charge >= 0.3 is 5.97 Å². The number of amides is 1. The maximum atomic E-state index is 12.3. The van der Waals surface area contributed by atoms with Gasteiger partial charge in [0.2, 0.25) is 0 Å². The molecule has 1 fully saturated rings. The Bertz CT molecular complexity index is 674. The molecule has 7 heteroatoms. The van der Waals surface area contributed by atoms with Crippen molar-refractivity contribution in [2.45, 2.75) is 31.7 Å². The van der Waals surface area contributed by atoms with Crippen LogP contribution in [0.5, 0.6) is 0 Å². The van der Waals surface area contributed by atoms with E-state index >= 15 is 0 Å². The number of carbonyl (C=O) groups excluding carboxylic acids is 1. The zero-order valence-electron chi connectivity index (χ0n) is 11.4. The van der Waals surface area contributed by atoms with Crippen molar-refractivity contribution in [1.82, 2.24) is 19.9 Å². The number of hydrogen-bond donors (Lipinski definition) is 2. The summed E-state index contributed by atoms with van der Waals surface area (Å²) in [5.74, 6) is -1.23. The van der Waals surface area contributed by atoms with Crippen LogP contribution in [-0.4, -0.2) is 37.6 Å². The van der Waals surface area contributed by atoms with E-state index in [1.807, 2.05) is 0 Å². The van der Waals surface area contributed by atoms with Crippen molar-refractivity contribution in [3.8, 4) is 0 Å². The van der Waals surface area contributed by atoms with Crippen LogP contribution in [-0.2, 0) is 4.79 Å². The summed E-state index contributed by atoms with van der Waals surface area (Å²) in [5.41, 5.74) is 0.963. The lowest BCUT2D eigenvalue weighted by molar-refractivity contribution is -0.142. The highest BCUT2D eigenvalue weighted by Gasteiger charge is 2.27. The Labute approximate surface area is 121 Å². The summed E-state index contributed by atoms with van der Waals surface area (Å²) in [6, 6.07) is 1.77. The molecule has 0 aromatic carbocycles. The van der Waals surface area contributed by atoms with E-state index in [1.165, 1.54) is 6.20 Å². The first kappa shape index (κ1) is 13.5. The van der Waals surface area contributed by atoms with Gasteiger partial charge in [0.15, 0.2) is 5.65 Å². The molecule has 2 heterocycles. The third-order valence-electron chi connectivity index (χ3n) is 3.94. The molecule has 1 saturated carbocycles. The molecule has 0 bridgehead atoms. The van der Waals surface area contributed by atoms with E-state index in [0.29, 0.717) is 36.9 Å². The molecule has 0 radical (unpaired) electrons. The molecule has 0 spiro atoms. The van der Waals surface area contributed by atoms with Crippen molar-refractivity contribution in [2.24, 2.45) is 5.92 Å². The van der Waals surface area contributed by atoms with Crippen molar-refractivity contribution in [3.63, 3.8) is 0 Å². The summed E-state index contributed by atoms with van der Waals surface area (Å²) in [6.45, 7) is 0. The Morgan fingerprint density at radius 3 is 2.76 bits per heavy atom. The predicted octanol–water partition coefficient (Wildman–Crippen LogP) is 1.10. The molecular weight excluding hydrogens is 272 g/mol. The van der Waals surface area contributed by atoms with Crippen LogP contribution in [0.2, 0.25) is 0 Å². The van der Waals surface area contributed by atoms with Gasteiger partial charge in [-0.2, -0.15) is 5.10 Å². The van der Waals surface area contributed by atoms with Gasteiger partial charge in [-0.15, -0.1) is 0 Å². The molecule has 3 rings (SSSR count). The van der Waals surface area contributed by atoms with Crippen LogP contribution < -0.4 is 5.32 Å². The summed E-state index contributed by atoms with van der Waals surface area (Å²) in [7, 11) is 0. The Morgan fingerprint density at radius 2 is 2.05 bits per heavy atom. The van der Waals surface area contributed by atoms with Gasteiger partial charge < -0.3 is 10.4 Å². The highest BCUT2D eigenvalue weighted by atomic mass is 16.4. The largest absolute Gasteiger partial charge is 0.481 e. The van der Waals surface area contributed by atoms with Crippen LogP contribution in [0.1, 0.15) is 36.0 Å². The molecule has 21 heavy (non-hydrogen) atoms. The lowest BCUT2D eigenvalue weighted by Crippen LogP contribution is -2.38. The zero-order valence-corrected chi connectivity index (χ0v) is 11.4. The minimum atomic E-state index is -0.744. The fourth-order valence-electron chi connectivity index (χ4n) is 2.74. The number of carboxylic acid groups (broad SMARTS) is 1. The number of aliphatic carboxylic acids is 1. The van der Waals surface area contributed by atoms with Crippen molar-refractivity contribution in [2.75, 3.05) is 0 Å². The van der Waals surface area contributed by atoms with Gasteiger partial charge in [0.05, 0.1) is 12.1 Å². The van der Waals surface area contributed by atoms with Crippen molar-refractivity contribution < 1.29 is 14.7 Å². The molecule has 2 N–H and O–H groups in total.